The van der Waals surface area contributed by atoms with E-state index in [9.17, 15) is 4.39 Å². The standard InChI is InChI=1S/C14H11Cl3FN/c1-19-14(8-5-6-9(15)11(17)7-8)13-10(16)3-2-4-12(13)18/h2-7,14,19H,1H3. The van der Waals surface area contributed by atoms with E-state index in [4.69, 9.17) is 34.8 Å². The lowest BCUT2D eigenvalue weighted by Gasteiger charge is -2.19. The molecule has 0 aliphatic rings. The van der Waals surface area contributed by atoms with Gasteiger partial charge in [0.2, 0.25) is 0 Å². The lowest BCUT2D eigenvalue weighted by molar-refractivity contribution is 0.576. The Morgan fingerprint density at radius 1 is 1.00 bits per heavy atom. The van der Waals surface area contributed by atoms with Gasteiger partial charge in [-0.15, -0.1) is 0 Å². The van der Waals surface area contributed by atoms with Crippen LogP contribution in [0.25, 0.3) is 0 Å². The Hall–Kier alpha value is -0.800. The predicted molar refractivity (Wildman–Crippen MR) is 78.8 cm³/mol. The lowest BCUT2D eigenvalue weighted by Crippen LogP contribution is -2.19. The van der Waals surface area contributed by atoms with Gasteiger partial charge < -0.3 is 5.32 Å². The second-order valence-electron chi connectivity index (χ2n) is 4.03. The van der Waals surface area contributed by atoms with Crippen LogP contribution in [0.2, 0.25) is 15.1 Å². The minimum Gasteiger partial charge on any atom is -0.309 e. The first-order chi connectivity index (χ1) is 9.04. The summed E-state index contributed by atoms with van der Waals surface area (Å²) in [7, 11) is 1.73. The van der Waals surface area contributed by atoms with Crippen molar-refractivity contribution in [2.75, 3.05) is 7.05 Å². The summed E-state index contributed by atoms with van der Waals surface area (Å²) in [5.41, 5.74) is 1.19. The molecule has 0 aliphatic heterocycles. The molecular weight excluding hydrogens is 308 g/mol. The van der Waals surface area contributed by atoms with Gasteiger partial charge in [0.15, 0.2) is 0 Å². The van der Waals surface area contributed by atoms with Crippen LogP contribution < -0.4 is 5.32 Å². The van der Waals surface area contributed by atoms with Gasteiger partial charge in [-0.25, -0.2) is 4.39 Å². The maximum Gasteiger partial charge on any atom is 0.129 e. The molecule has 100 valence electrons. The van der Waals surface area contributed by atoms with Crippen LogP contribution in [0.1, 0.15) is 17.2 Å². The van der Waals surface area contributed by atoms with Crippen molar-refractivity contribution in [3.8, 4) is 0 Å². The number of hydrogen-bond donors (Lipinski definition) is 1. The fourth-order valence-corrected chi connectivity index (χ4v) is 2.53. The topological polar surface area (TPSA) is 12.0 Å². The van der Waals surface area contributed by atoms with Gasteiger partial charge in [0, 0.05) is 10.6 Å². The number of benzene rings is 2. The lowest BCUT2D eigenvalue weighted by atomic mass is 9.98. The van der Waals surface area contributed by atoms with Gasteiger partial charge in [0.05, 0.1) is 16.1 Å². The molecule has 0 spiro atoms. The highest BCUT2D eigenvalue weighted by atomic mass is 35.5. The zero-order valence-electron chi connectivity index (χ0n) is 10.1. The third-order valence-electron chi connectivity index (χ3n) is 2.85. The quantitative estimate of drug-likeness (QED) is 0.830. The van der Waals surface area contributed by atoms with E-state index < -0.39 is 0 Å². The smallest absolute Gasteiger partial charge is 0.129 e. The molecule has 0 radical (unpaired) electrons. The van der Waals surface area contributed by atoms with E-state index >= 15 is 0 Å². The Morgan fingerprint density at radius 3 is 2.32 bits per heavy atom. The molecule has 0 aromatic heterocycles. The van der Waals surface area contributed by atoms with Crippen molar-refractivity contribution in [3.05, 3.63) is 68.4 Å². The third kappa shape index (κ3) is 3.03. The number of rotatable bonds is 3. The van der Waals surface area contributed by atoms with Crippen LogP contribution in [0.15, 0.2) is 36.4 Å². The fourth-order valence-electron chi connectivity index (χ4n) is 1.96. The fraction of sp³-hybridized carbons (Fsp3) is 0.143. The maximum absolute atomic E-state index is 14.0. The minimum atomic E-state index is -0.386. The summed E-state index contributed by atoms with van der Waals surface area (Å²) in [6.45, 7) is 0. The predicted octanol–water partition coefficient (Wildman–Crippen LogP) is 5.09. The average Bonchev–Trinajstić information content (AvgIpc) is 2.37. The van der Waals surface area contributed by atoms with Crippen LogP contribution in [-0.4, -0.2) is 7.05 Å². The van der Waals surface area contributed by atoms with Crippen molar-refractivity contribution >= 4 is 34.8 Å². The highest BCUT2D eigenvalue weighted by Gasteiger charge is 2.19. The maximum atomic E-state index is 14.0. The molecule has 0 bridgehead atoms. The molecule has 1 N–H and O–H groups in total. The third-order valence-corrected chi connectivity index (χ3v) is 3.92. The normalized spacial score (nSPS) is 12.5. The van der Waals surface area contributed by atoms with Crippen molar-refractivity contribution in [1.82, 2.24) is 5.32 Å². The first kappa shape index (κ1) is 14.6. The van der Waals surface area contributed by atoms with Gasteiger partial charge in [-0.3, -0.25) is 0 Å². The molecule has 0 fully saturated rings. The molecular formula is C14H11Cl3FN. The van der Waals surface area contributed by atoms with Crippen molar-refractivity contribution in [2.45, 2.75) is 6.04 Å². The van der Waals surface area contributed by atoms with Gasteiger partial charge in [0.1, 0.15) is 5.82 Å². The molecule has 5 heteroatoms. The van der Waals surface area contributed by atoms with E-state index in [2.05, 4.69) is 5.32 Å². The zero-order chi connectivity index (χ0) is 14.0. The first-order valence-electron chi connectivity index (χ1n) is 5.60. The van der Waals surface area contributed by atoms with E-state index in [1.807, 2.05) is 0 Å². The van der Waals surface area contributed by atoms with Crippen LogP contribution in [0.5, 0.6) is 0 Å². The molecule has 1 unspecified atom stereocenters. The van der Waals surface area contributed by atoms with Crippen LogP contribution in [0.4, 0.5) is 4.39 Å². The molecule has 0 saturated carbocycles. The molecule has 0 saturated heterocycles. The Labute approximate surface area is 126 Å². The van der Waals surface area contributed by atoms with Gasteiger partial charge in [-0.1, -0.05) is 46.9 Å². The van der Waals surface area contributed by atoms with Crippen molar-refractivity contribution in [1.29, 1.82) is 0 Å². The second kappa shape index (κ2) is 6.10. The van der Waals surface area contributed by atoms with Crippen molar-refractivity contribution in [3.63, 3.8) is 0 Å². The number of halogens is 4. The molecule has 1 nitrogen and oxygen atoms in total. The van der Waals surface area contributed by atoms with Gasteiger partial charge in [-0.2, -0.15) is 0 Å². The van der Waals surface area contributed by atoms with E-state index in [-0.39, 0.29) is 11.9 Å². The molecule has 1 atom stereocenters. The summed E-state index contributed by atoms with van der Waals surface area (Å²) in [5, 5.41) is 4.28. The Balaban J connectivity index is 2.53. The summed E-state index contributed by atoms with van der Waals surface area (Å²) < 4.78 is 14.0. The summed E-state index contributed by atoms with van der Waals surface area (Å²) in [4.78, 5) is 0. The number of nitrogens with one attached hydrogen (secondary N) is 1. The van der Waals surface area contributed by atoms with E-state index in [0.717, 1.165) is 5.56 Å². The van der Waals surface area contributed by atoms with Crippen LogP contribution in [0.3, 0.4) is 0 Å². The van der Waals surface area contributed by atoms with Gasteiger partial charge in [0.25, 0.3) is 0 Å². The molecule has 2 rings (SSSR count). The van der Waals surface area contributed by atoms with Crippen LogP contribution in [-0.2, 0) is 0 Å². The van der Waals surface area contributed by atoms with Crippen LogP contribution >= 0.6 is 34.8 Å². The Morgan fingerprint density at radius 2 is 1.74 bits per heavy atom. The van der Waals surface area contributed by atoms with Gasteiger partial charge in [-0.05, 0) is 36.9 Å². The Kier molecular flexibility index (Phi) is 4.69. The van der Waals surface area contributed by atoms with E-state index in [1.54, 1.807) is 37.4 Å². The number of hydrogen-bond acceptors (Lipinski definition) is 1. The molecule has 0 amide bonds. The molecule has 19 heavy (non-hydrogen) atoms. The van der Waals surface area contributed by atoms with Crippen LogP contribution in [0, 0.1) is 5.82 Å². The SMILES string of the molecule is CNC(c1ccc(Cl)c(Cl)c1)c1c(F)cccc1Cl. The highest BCUT2D eigenvalue weighted by Crippen LogP contribution is 2.33. The molecule has 0 aliphatic carbocycles. The molecule has 2 aromatic rings. The average molecular weight is 319 g/mol. The minimum absolute atomic E-state index is 0.363. The molecule has 2 aromatic carbocycles. The molecule has 0 heterocycles. The first-order valence-corrected chi connectivity index (χ1v) is 6.74. The second-order valence-corrected chi connectivity index (χ2v) is 5.25. The van der Waals surface area contributed by atoms with Crippen molar-refractivity contribution < 1.29 is 4.39 Å². The summed E-state index contributed by atoms with van der Waals surface area (Å²) in [6, 6.07) is 9.39. The van der Waals surface area contributed by atoms with Crippen molar-refractivity contribution in [2.24, 2.45) is 0 Å². The summed E-state index contributed by atoms with van der Waals surface area (Å²) in [5.74, 6) is -0.363. The summed E-state index contributed by atoms with van der Waals surface area (Å²) in [6.07, 6.45) is 0. The summed E-state index contributed by atoms with van der Waals surface area (Å²) >= 11 is 18.0. The van der Waals surface area contributed by atoms with E-state index in [1.165, 1.54) is 6.07 Å². The monoisotopic (exact) mass is 317 g/mol. The zero-order valence-corrected chi connectivity index (χ0v) is 12.3. The van der Waals surface area contributed by atoms with E-state index in [0.29, 0.717) is 20.6 Å². The highest BCUT2D eigenvalue weighted by molar-refractivity contribution is 6.42. The van der Waals surface area contributed by atoms with Gasteiger partial charge >= 0.3 is 0 Å². The Bertz CT molecular complexity index is 581. The largest absolute Gasteiger partial charge is 0.309 e.